The van der Waals surface area contributed by atoms with Gasteiger partial charge in [-0.05, 0) is 6.42 Å². The standard InChI is InChI=1S/C27H50O12/c1-3-5-27(28)39-26-25-38-24-23-37-22-21-36-20-19-35-18-17-34-16-15-33-14-13-32-12-11-31-10-9-30-8-7-29-6-4-2/h2H,3,5-26H2,1H3. The summed E-state index contributed by atoms with van der Waals surface area (Å²) in [6, 6.07) is 0. The van der Waals surface area contributed by atoms with E-state index in [1.165, 1.54) is 0 Å². The van der Waals surface area contributed by atoms with Gasteiger partial charge < -0.3 is 52.1 Å². The van der Waals surface area contributed by atoms with E-state index in [2.05, 4.69) is 5.92 Å². The Labute approximate surface area is 234 Å². The second-order valence-electron chi connectivity index (χ2n) is 7.74. The monoisotopic (exact) mass is 566 g/mol. The number of rotatable bonds is 33. The highest BCUT2D eigenvalue weighted by atomic mass is 16.6. The Hall–Kier alpha value is -1.37. The minimum absolute atomic E-state index is 0.188. The van der Waals surface area contributed by atoms with E-state index in [0.717, 1.165) is 6.42 Å². The molecule has 0 radical (unpaired) electrons. The average molecular weight is 567 g/mol. The molecule has 0 aliphatic heterocycles. The number of hydrogen-bond donors (Lipinski definition) is 0. The molecule has 0 aliphatic carbocycles. The normalized spacial score (nSPS) is 11.1. The molecule has 230 valence electrons. The molecule has 0 rings (SSSR count). The zero-order valence-electron chi connectivity index (χ0n) is 23.7. The number of carbonyl (C=O) groups excluding carboxylic acids is 1. The summed E-state index contributed by atoms with van der Waals surface area (Å²) < 4.78 is 58.7. The summed E-state index contributed by atoms with van der Waals surface area (Å²) in [5, 5.41) is 0. The Balaban J connectivity index is 3.05. The second-order valence-corrected chi connectivity index (χ2v) is 7.74. The van der Waals surface area contributed by atoms with Crippen molar-refractivity contribution in [3.63, 3.8) is 0 Å². The zero-order valence-corrected chi connectivity index (χ0v) is 23.7. The molecule has 0 N–H and O–H groups in total. The van der Waals surface area contributed by atoms with Crippen molar-refractivity contribution in [1.29, 1.82) is 0 Å². The van der Waals surface area contributed by atoms with Crippen molar-refractivity contribution in [1.82, 2.24) is 0 Å². The zero-order chi connectivity index (χ0) is 28.3. The Kier molecular flexibility index (Phi) is 33.4. The summed E-state index contributed by atoms with van der Waals surface area (Å²) in [5.74, 6) is 2.20. The number of carbonyl (C=O) groups is 1. The third kappa shape index (κ3) is 34.6. The summed E-state index contributed by atoms with van der Waals surface area (Å²) >= 11 is 0. The van der Waals surface area contributed by atoms with Crippen LogP contribution < -0.4 is 0 Å². The highest BCUT2D eigenvalue weighted by molar-refractivity contribution is 5.69. The molecule has 0 atom stereocenters. The van der Waals surface area contributed by atoms with Crippen LogP contribution in [-0.2, 0) is 56.9 Å². The van der Waals surface area contributed by atoms with Gasteiger partial charge in [-0.3, -0.25) is 4.79 Å². The van der Waals surface area contributed by atoms with Crippen molar-refractivity contribution >= 4 is 5.97 Å². The molecule has 0 aromatic rings. The fourth-order valence-corrected chi connectivity index (χ4v) is 2.60. The van der Waals surface area contributed by atoms with Gasteiger partial charge in [0.15, 0.2) is 0 Å². The molecular formula is C27H50O12. The van der Waals surface area contributed by atoms with E-state index >= 15 is 0 Å². The third-order valence-electron chi connectivity index (χ3n) is 4.48. The molecule has 0 saturated heterocycles. The van der Waals surface area contributed by atoms with Crippen LogP contribution >= 0.6 is 0 Å². The van der Waals surface area contributed by atoms with Gasteiger partial charge in [0, 0.05) is 6.42 Å². The molecule has 0 unspecified atom stereocenters. The van der Waals surface area contributed by atoms with Crippen LogP contribution in [0.1, 0.15) is 19.8 Å². The summed E-state index contributed by atoms with van der Waals surface area (Å²) in [7, 11) is 0. The van der Waals surface area contributed by atoms with Crippen LogP contribution in [0.3, 0.4) is 0 Å². The van der Waals surface area contributed by atoms with E-state index in [4.69, 9.17) is 58.5 Å². The van der Waals surface area contributed by atoms with Gasteiger partial charge in [-0.1, -0.05) is 12.8 Å². The fourth-order valence-electron chi connectivity index (χ4n) is 2.60. The number of esters is 1. The minimum atomic E-state index is -0.188. The Bertz CT molecular complexity index is 529. The van der Waals surface area contributed by atoms with Crippen LogP contribution in [0, 0.1) is 12.3 Å². The summed E-state index contributed by atoms with van der Waals surface area (Å²) in [4.78, 5) is 11.2. The van der Waals surface area contributed by atoms with E-state index in [0.29, 0.717) is 139 Å². The lowest BCUT2D eigenvalue weighted by molar-refractivity contribution is -0.145. The van der Waals surface area contributed by atoms with E-state index in [9.17, 15) is 4.79 Å². The molecule has 0 spiro atoms. The summed E-state index contributed by atoms with van der Waals surface area (Å²) in [5.41, 5.74) is 0. The lowest BCUT2D eigenvalue weighted by Crippen LogP contribution is -2.15. The van der Waals surface area contributed by atoms with Gasteiger partial charge in [0.2, 0.25) is 0 Å². The van der Waals surface area contributed by atoms with Gasteiger partial charge in [-0.2, -0.15) is 0 Å². The van der Waals surface area contributed by atoms with Gasteiger partial charge >= 0.3 is 5.97 Å². The van der Waals surface area contributed by atoms with Crippen molar-refractivity contribution in [3.05, 3.63) is 0 Å². The number of ether oxygens (including phenoxy) is 11. The SMILES string of the molecule is C#CCOCCOCCOCCOCCOCCOCCOCCOCCOCCOCCOC(=O)CCC. The topological polar surface area (TPSA) is 119 Å². The summed E-state index contributed by atoms with van der Waals surface area (Å²) in [6.45, 7) is 11.8. The van der Waals surface area contributed by atoms with Crippen LogP contribution in [0.2, 0.25) is 0 Å². The molecule has 0 bridgehead atoms. The van der Waals surface area contributed by atoms with Gasteiger partial charge in [-0.15, -0.1) is 6.42 Å². The molecule has 12 heteroatoms. The first-order chi connectivity index (χ1) is 19.3. The summed E-state index contributed by atoms with van der Waals surface area (Å²) in [6.07, 6.45) is 6.30. The molecular weight excluding hydrogens is 516 g/mol. The first-order valence-corrected chi connectivity index (χ1v) is 13.7. The fraction of sp³-hybridized carbons (Fsp3) is 0.889. The van der Waals surface area contributed by atoms with Crippen LogP contribution in [0.25, 0.3) is 0 Å². The number of hydrogen-bond acceptors (Lipinski definition) is 12. The maximum Gasteiger partial charge on any atom is 0.305 e. The molecule has 39 heavy (non-hydrogen) atoms. The third-order valence-corrected chi connectivity index (χ3v) is 4.48. The van der Waals surface area contributed by atoms with E-state index in [1.54, 1.807) is 0 Å². The maximum absolute atomic E-state index is 11.2. The largest absolute Gasteiger partial charge is 0.463 e. The molecule has 0 amide bonds. The molecule has 0 aromatic carbocycles. The highest BCUT2D eigenvalue weighted by Crippen LogP contribution is 1.91. The van der Waals surface area contributed by atoms with Gasteiger partial charge in [0.25, 0.3) is 0 Å². The Morgan fingerprint density at radius 1 is 0.462 bits per heavy atom. The van der Waals surface area contributed by atoms with Gasteiger partial charge in [0.05, 0.1) is 126 Å². The van der Waals surface area contributed by atoms with E-state index in [1.807, 2.05) is 6.92 Å². The lowest BCUT2D eigenvalue weighted by Gasteiger charge is -2.09. The molecule has 0 fully saturated rings. The molecule has 0 saturated carbocycles. The average Bonchev–Trinajstić information content (AvgIpc) is 2.94. The van der Waals surface area contributed by atoms with Crippen molar-refractivity contribution in [2.75, 3.05) is 139 Å². The molecule has 0 aliphatic rings. The van der Waals surface area contributed by atoms with Gasteiger partial charge in [0.1, 0.15) is 13.2 Å². The quantitative estimate of drug-likeness (QED) is 0.0644. The van der Waals surface area contributed by atoms with Crippen molar-refractivity contribution in [2.24, 2.45) is 0 Å². The first kappa shape index (κ1) is 37.6. The smallest absolute Gasteiger partial charge is 0.305 e. The predicted molar refractivity (Wildman–Crippen MR) is 143 cm³/mol. The molecule has 12 nitrogen and oxygen atoms in total. The van der Waals surface area contributed by atoms with Crippen LogP contribution in [0.5, 0.6) is 0 Å². The van der Waals surface area contributed by atoms with E-state index in [-0.39, 0.29) is 12.6 Å². The second kappa shape index (κ2) is 34.7. The molecule has 0 heterocycles. The van der Waals surface area contributed by atoms with Crippen molar-refractivity contribution < 1.29 is 56.9 Å². The van der Waals surface area contributed by atoms with Crippen LogP contribution in [0.15, 0.2) is 0 Å². The van der Waals surface area contributed by atoms with E-state index < -0.39 is 0 Å². The highest BCUT2D eigenvalue weighted by Gasteiger charge is 2.00. The lowest BCUT2D eigenvalue weighted by atomic mass is 10.3. The maximum atomic E-state index is 11.2. The molecule has 0 aromatic heterocycles. The Morgan fingerprint density at radius 3 is 0.974 bits per heavy atom. The predicted octanol–water partition coefficient (Wildman–Crippen LogP) is 1.13. The van der Waals surface area contributed by atoms with Crippen molar-refractivity contribution in [2.45, 2.75) is 19.8 Å². The van der Waals surface area contributed by atoms with Gasteiger partial charge in [-0.25, -0.2) is 0 Å². The number of terminal acetylenes is 1. The Morgan fingerprint density at radius 2 is 0.718 bits per heavy atom. The van der Waals surface area contributed by atoms with Crippen LogP contribution in [-0.4, -0.2) is 145 Å². The minimum Gasteiger partial charge on any atom is -0.463 e. The van der Waals surface area contributed by atoms with Crippen molar-refractivity contribution in [3.8, 4) is 12.3 Å². The van der Waals surface area contributed by atoms with Crippen LogP contribution in [0.4, 0.5) is 0 Å². The first-order valence-electron chi connectivity index (χ1n) is 13.7.